The summed E-state index contributed by atoms with van der Waals surface area (Å²) in [5, 5.41) is 2.85. The quantitative estimate of drug-likeness (QED) is 0.520. The lowest BCUT2D eigenvalue weighted by atomic mass is 10.1. The molecule has 0 aliphatic heterocycles. The van der Waals surface area contributed by atoms with Gasteiger partial charge in [0.2, 0.25) is 0 Å². The van der Waals surface area contributed by atoms with Gasteiger partial charge in [0.05, 0.1) is 11.0 Å². The van der Waals surface area contributed by atoms with Crippen LogP contribution in [0.3, 0.4) is 0 Å². The highest BCUT2D eigenvalue weighted by molar-refractivity contribution is 6.04. The molecule has 29 heavy (non-hydrogen) atoms. The Morgan fingerprint density at radius 1 is 1.03 bits per heavy atom. The topological polar surface area (TPSA) is 46.9 Å². The molecule has 1 aromatic heterocycles. The molecule has 5 heteroatoms. The van der Waals surface area contributed by atoms with Crippen molar-refractivity contribution >= 4 is 22.6 Å². The third-order valence-corrected chi connectivity index (χ3v) is 5.14. The van der Waals surface area contributed by atoms with Crippen molar-refractivity contribution in [1.82, 2.24) is 9.55 Å². The third kappa shape index (κ3) is 4.04. The number of aryl methyl sites for hydroxylation is 4. The number of benzene rings is 3. The van der Waals surface area contributed by atoms with Gasteiger partial charge in [0.15, 0.2) is 0 Å². The fourth-order valence-electron chi connectivity index (χ4n) is 3.42. The van der Waals surface area contributed by atoms with Crippen LogP contribution in [0.4, 0.5) is 10.1 Å². The Balaban J connectivity index is 1.46. The number of hydrogen-bond acceptors (Lipinski definition) is 2. The summed E-state index contributed by atoms with van der Waals surface area (Å²) in [6.07, 6.45) is 1.60. The second-order valence-electron chi connectivity index (χ2n) is 7.19. The molecular weight excluding hydrogens is 365 g/mol. The Bertz CT molecular complexity index is 1200. The number of fused-ring (bicyclic) bond motifs is 1. The van der Waals surface area contributed by atoms with E-state index in [9.17, 15) is 9.18 Å². The van der Waals surface area contributed by atoms with Crippen molar-refractivity contribution in [2.75, 3.05) is 5.32 Å². The van der Waals surface area contributed by atoms with Crippen molar-refractivity contribution in [1.29, 1.82) is 0 Å². The molecular formula is C24H22FN3O. The second kappa shape index (κ2) is 7.87. The van der Waals surface area contributed by atoms with Crippen LogP contribution in [-0.4, -0.2) is 15.5 Å². The highest BCUT2D eigenvalue weighted by atomic mass is 19.1. The molecule has 146 valence electrons. The predicted octanol–water partition coefficient (Wildman–Crippen LogP) is 5.06. The lowest BCUT2D eigenvalue weighted by Gasteiger charge is -2.09. The molecule has 0 radical (unpaired) electrons. The number of aromatic nitrogens is 2. The van der Waals surface area contributed by atoms with Crippen LogP contribution in [0.5, 0.6) is 0 Å². The van der Waals surface area contributed by atoms with E-state index < -0.39 is 0 Å². The first-order valence-electron chi connectivity index (χ1n) is 9.58. The zero-order valence-electron chi connectivity index (χ0n) is 16.4. The van der Waals surface area contributed by atoms with Gasteiger partial charge in [-0.25, -0.2) is 9.37 Å². The van der Waals surface area contributed by atoms with Gasteiger partial charge in [-0.05, 0) is 60.9 Å². The average molecular weight is 387 g/mol. The molecule has 1 amide bonds. The molecule has 4 rings (SSSR count). The summed E-state index contributed by atoms with van der Waals surface area (Å²) in [4.78, 5) is 17.1. The first-order chi connectivity index (χ1) is 14.0. The second-order valence-corrected chi connectivity index (χ2v) is 7.19. The summed E-state index contributed by atoms with van der Waals surface area (Å²) in [6, 6.07) is 20.3. The number of para-hydroxylation sites is 2. The number of imidazole rings is 1. The minimum absolute atomic E-state index is 0.304. The maximum absolute atomic E-state index is 13.7. The monoisotopic (exact) mass is 387 g/mol. The zero-order chi connectivity index (χ0) is 20.4. The normalized spacial score (nSPS) is 11.0. The lowest BCUT2D eigenvalue weighted by molar-refractivity contribution is 0.102. The highest BCUT2D eigenvalue weighted by Crippen LogP contribution is 2.18. The maximum Gasteiger partial charge on any atom is 0.255 e. The molecule has 4 nitrogen and oxygen atoms in total. The van der Waals surface area contributed by atoms with E-state index in [0.717, 1.165) is 35.3 Å². The molecule has 0 bridgehead atoms. The predicted molar refractivity (Wildman–Crippen MR) is 114 cm³/mol. The Hall–Kier alpha value is -3.47. The van der Waals surface area contributed by atoms with Gasteiger partial charge in [-0.15, -0.1) is 0 Å². The molecule has 3 aromatic carbocycles. The van der Waals surface area contributed by atoms with Crippen molar-refractivity contribution in [3.8, 4) is 0 Å². The van der Waals surface area contributed by atoms with Gasteiger partial charge in [0.1, 0.15) is 11.6 Å². The van der Waals surface area contributed by atoms with Crippen LogP contribution in [-0.2, 0) is 19.9 Å². The molecule has 1 N–H and O–H groups in total. The van der Waals surface area contributed by atoms with Crippen molar-refractivity contribution in [2.45, 2.75) is 19.8 Å². The lowest BCUT2D eigenvalue weighted by Crippen LogP contribution is -2.12. The molecule has 1 heterocycles. The number of nitrogens with one attached hydrogen (secondary N) is 1. The van der Waals surface area contributed by atoms with E-state index in [-0.39, 0.29) is 11.7 Å². The summed E-state index contributed by atoms with van der Waals surface area (Å²) < 4.78 is 15.8. The molecule has 0 saturated heterocycles. The summed E-state index contributed by atoms with van der Waals surface area (Å²) in [6.45, 7) is 1.67. The van der Waals surface area contributed by atoms with E-state index >= 15 is 0 Å². The van der Waals surface area contributed by atoms with E-state index in [1.165, 1.54) is 6.07 Å². The number of anilines is 1. The van der Waals surface area contributed by atoms with Gasteiger partial charge in [0, 0.05) is 24.7 Å². The standard InChI is InChI=1S/C24H22FN3O/c1-16-10-12-18(15-20(16)25)24(29)26-19-7-5-6-17(14-19)11-13-23-27-21-8-3-4-9-22(21)28(23)2/h3-10,12,14-15H,11,13H2,1-2H3,(H,26,29). The largest absolute Gasteiger partial charge is 0.331 e. The summed E-state index contributed by atoms with van der Waals surface area (Å²) in [7, 11) is 2.03. The number of carbonyl (C=O) groups excluding carboxylic acids is 1. The molecule has 0 atom stereocenters. The maximum atomic E-state index is 13.7. The van der Waals surface area contributed by atoms with E-state index in [2.05, 4.69) is 16.0 Å². The summed E-state index contributed by atoms with van der Waals surface area (Å²) in [5.74, 6) is 0.320. The first-order valence-corrected chi connectivity index (χ1v) is 9.58. The fourth-order valence-corrected chi connectivity index (χ4v) is 3.42. The van der Waals surface area contributed by atoms with E-state index in [0.29, 0.717) is 16.8 Å². The zero-order valence-corrected chi connectivity index (χ0v) is 16.4. The van der Waals surface area contributed by atoms with E-state index in [1.54, 1.807) is 19.1 Å². The molecule has 0 aliphatic rings. The van der Waals surface area contributed by atoms with Gasteiger partial charge in [-0.2, -0.15) is 0 Å². The number of halogens is 1. The average Bonchev–Trinajstić information content (AvgIpc) is 3.05. The molecule has 0 spiro atoms. The van der Waals surface area contributed by atoms with Gasteiger partial charge in [-0.3, -0.25) is 4.79 Å². The Kier molecular flexibility index (Phi) is 5.12. The number of nitrogens with zero attached hydrogens (tertiary/aromatic N) is 2. The van der Waals surface area contributed by atoms with Crippen LogP contribution in [0.2, 0.25) is 0 Å². The molecule has 4 aromatic rings. The van der Waals surface area contributed by atoms with Crippen molar-refractivity contribution in [3.05, 3.63) is 95.1 Å². The van der Waals surface area contributed by atoms with Crippen LogP contribution in [0.15, 0.2) is 66.7 Å². The van der Waals surface area contributed by atoms with Crippen molar-refractivity contribution in [3.63, 3.8) is 0 Å². The van der Waals surface area contributed by atoms with Gasteiger partial charge < -0.3 is 9.88 Å². The Morgan fingerprint density at radius 2 is 1.86 bits per heavy atom. The number of hydrogen-bond donors (Lipinski definition) is 1. The smallest absolute Gasteiger partial charge is 0.255 e. The van der Waals surface area contributed by atoms with Crippen molar-refractivity contribution in [2.24, 2.45) is 7.05 Å². The number of carbonyl (C=O) groups is 1. The molecule has 0 unspecified atom stereocenters. The first kappa shape index (κ1) is 18.9. The number of amides is 1. The van der Waals surface area contributed by atoms with Crippen LogP contribution in [0.25, 0.3) is 11.0 Å². The van der Waals surface area contributed by atoms with Crippen LogP contribution >= 0.6 is 0 Å². The van der Waals surface area contributed by atoms with E-state index in [1.807, 2.05) is 49.5 Å². The van der Waals surface area contributed by atoms with E-state index in [4.69, 9.17) is 4.98 Å². The summed E-state index contributed by atoms with van der Waals surface area (Å²) in [5.41, 5.74) is 4.73. The summed E-state index contributed by atoms with van der Waals surface area (Å²) >= 11 is 0. The molecule has 0 aliphatic carbocycles. The Morgan fingerprint density at radius 3 is 2.66 bits per heavy atom. The minimum Gasteiger partial charge on any atom is -0.331 e. The van der Waals surface area contributed by atoms with Gasteiger partial charge in [-0.1, -0.05) is 30.3 Å². The molecule has 0 fully saturated rings. The van der Waals surface area contributed by atoms with Crippen LogP contribution < -0.4 is 5.32 Å². The highest BCUT2D eigenvalue weighted by Gasteiger charge is 2.10. The Labute approximate surface area is 169 Å². The SMILES string of the molecule is Cc1ccc(C(=O)Nc2cccc(CCc3nc4ccccc4n3C)c2)cc1F. The number of rotatable bonds is 5. The van der Waals surface area contributed by atoms with Crippen molar-refractivity contribution < 1.29 is 9.18 Å². The minimum atomic E-state index is -0.381. The molecule has 0 saturated carbocycles. The van der Waals surface area contributed by atoms with Crippen LogP contribution in [0.1, 0.15) is 27.3 Å². The fraction of sp³-hybridized carbons (Fsp3) is 0.167. The van der Waals surface area contributed by atoms with Gasteiger partial charge in [0.25, 0.3) is 5.91 Å². The van der Waals surface area contributed by atoms with Gasteiger partial charge >= 0.3 is 0 Å². The third-order valence-electron chi connectivity index (χ3n) is 5.14. The van der Waals surface area contributed by atoms with Crippen LogP contribution in [0, 0.1) is 12.7 Å².